The molecule has 0 spiro atoms. The van der Waals surface area contributed by atoms with Gasteiger partial charge in [0.15, 0.2) is 0 Å². The Morgan fingerprint density at radius 2 is 2.28 bits per heavy atom. The van der Waals surface area contributed by atoms with Crippen LogP contribution in [0.5, 0.6) is 0 Å². The first kappa shape index (κ1) is 15.4. The average molecular weight is 255 g/mol. The molecule has 0 aromatic carbocycles. The number of amides is 1. The standard InChI is InChI=1S/C14H29N3O/c1-12(2)7-9-16-14(18)11-17-10-4-6-13(17)5-3-8-15/h12-13H,3-11,15H2,1-2H3,(H,16,18). The maximum atomic E-state index is 11.8. The lowest BCUT2D eigenvalue weighted by atomic mass is 10.1. The lowest BCUT2D eigenvalue weighted by Gasteiger charge is -2.23. The summed E-state index contributed by atoms with van der Waals surface area (Å²) in [5.41, 5.74) is 5.55. The molecule has 0 radical (unpaired) electrons. The molecule has 1 saturated heterocycles. The van der Waals surface area contributed by atoms with Crippen LogP contribution in [0.2, 0.25) is 0 Å². The molecule has 3 N–H and O–H groups in total. The van der Waals surface area contributed by atoms with E-state index in [0.717, 1.165) is 38.9 Å². The molecule has 0 bridgehead atoms. The number of nitrogens with zero attached hydrogens (tertiary/aromatic N) is 1. The van der Waals surface area contributed by atoms with E-state index in [1.54, 1.807) is 0 Å². The van der Waals surface area contributed by atoms with Gasteiger partial charge < -0.3 is 11.1 Å². The second-order valence-electron chi connectivity index (χ2n) is 5.73. The van der Waals surface area contributed by atoms with Crippen LogP contribution in [0.1, 0.15) is 46.0 Å². The van der Waals surface area contributed by atoms with Crippen LogP contribution in [0, 0.1) is 5.92 Å². The van der Waals surface area contributed by atoms with Crippen molar-refractivity contribution in [2.24, 2.45) is 11.7 Å². The van der Waals surface area contributed by atoms with Gasteiger partial charge in [-0.2, -0.15) is 0 Å². The molecule has 106 valence electrons. The van der Waals surface area contributed by atoms with E-state index in [0.29, 0.717) is 18.5 Å². The van der Waals surface area contributed by atoms with Gasteiger partial charge in [-0.05, 0) is 51.1 Å². The molecule has 0 aliphatic carbocycles. The Bertz CT molecular complexity index is 243. The Balaban J connectivity index is 2.21. The van der Waals surface area contributed by atoms with E-state index < -0.39 is 0 Å². The molecule has 1 rings (SSSR count). The molecule has 1 unspecified atom stereocenters. The normalized spacial score (nSPS) is 20.6. The van der Waals surface area contributed by atoms with Crippen molar-refractivity contribution in [1.29, 1.82) is 0 Å². The summed E-state index contributed by atoms with van der Waals surface area (Å²) in [5.74, 6) is 0.824. The summed E-state index contributed by atoms with van der Waals surface area (Å²) >= 11 is 0. The van der Waals surface area contributed by atoms with Gasteiger partial charge in [-0.1, -0.05) is 13.8 Å². The van der Waals surface area contributed by atoms with Gasteiger partial charge in [-0.25, -0.2) is 0 Å². The van der Waals surface area contributed by atoms with Gasteiger partial charge >= 0.3 is 0 Å². The van der Waals surface area contributed by atoms with Gasteiger partial charge in [0.1, 0.15) is 0 Å². The second-order valence-corrected chi connectivity index (χ2v) is 5.73. The number of nitrogens with one attached hydrogen (secondary N) is 1. The van der Waals surface area contributed by atoms with Crippen LogP contribution in [0.25, 0.3) is 0 Å². The molecule has 4 nitrogen and oxygen atoms in total. The third kappa shape index (κ3) is 5.83. The van der Waals surface area contributed by atoms with E-state index in [9.17, 15) is 4.79 Å². The number of hydrogen-bond acceptors (Lipinski definition) is 3. The van der Waals surface area contributed by atoms with Crippen LogP contribution in [0.15, 0.2) is 0 Å². The lowest BCUT2D eigenvalue weighted by molar-refractivity contribution is -0.122. The van der Waals surface area contributed by atoms with Crippen LogP contribution in [-0.4, -0.2) is 43.0 Å². The van der Waals surface area contributed by atoms with Crippen molar-refractivity contribution in [3.8, 4) is 0 Å². The summed E-state index contributed by atoms with van der Waals surface area (Å²) in [6.45, 7) is 7.54. The Kier molecular flexibility index (Phi) is 7.28. The fourth-order valence-corrected chi connectivity index (χ4v) is 2.52. The molecule has 0 aromatic rings. The molecule has 1 aliphatic heterocycles. The molecule has 1 fully saturated rings. The number of nitrogens with two attached hydrogens (primary N) is 1. The SMILES string of the molecule is CC(C)CCNC(=O)CN1CCCC1CCCN. The molecule has 18 heavy (non-hydrogen) atoms. The minimum atomic E-state index is 0.176. The molecular weight excluding hydrogens is 226 g/mol. The number of carbonyl (C=O) groups is 1. The van der Waals surface area contributed by atoms with Crippen LogP contribution in [0.3, 0.4) is 0 Å². The van der Waals surface area contributed by atoms with Crippen molar-refractivity contribution in [2.45, 2.75) is 52.0 Å². The molecule has 0 saturated carbocycles. The van der Waals surface area contributed by atoms with Crippen molar-refractivity contribution in [1.82, 2.24) is 10.2 Å². The maximum absolute atomic E-state index is 11.8. The highest BCUT2D eigenvalue weighted by atomic mass is 16.2. The van der Waals surface area contributed by atoms with Gasteiger partial charge in [0.25, 0.3) is 0 Å². The van der Waals surface area contributed by atoms with E-state index in [-0.39, 0.29) is 5.91 Å². The first-order valence-corrected chi connectivity index (χ1v) is 7.34. The zero-order valence-electron chi connectivity index (χ0n) is 12.0. The largest absolute Gasteiger partial charge is 0.355 e. The summed E-state index contributed by atoms with van der Waals surface area (Å²) < 4.78 is 0. The van der Waals surface area contributed by atoms with Crippen molar-refractivity contribution < 1.29 is 4.79 Å². The van der Waals surface area contributed by atoms with Gasteiger partial charge in [-0.3, -0.25) is 9.69 Å². The highest BCUT2D eigenvalue weighted by molar-refractivity contribution is 5.78. The summed E-state index contributed by atoms with van der Waals surface area (Å²) in [5, 5.41) is 3.01. The van der Waals surface area contributed by atoms with Gasteiger partial charge in [0, 0.05) is 12.6 Å². The maximum Gasteiger partial charge on any atom is 0.234 e. The molecule has 4 heteroatoms. The highest BCUT2D eigenvalue weighted by Crippen LogP contribution is 2.20. The Labute approximate surface area is 111 Å². The van der Waals surface area contributed by atoms with E-state index in [2.05, 4.69) is 24.1 Å². The molecule has 1 amide bonds. The zero-order chi connectivity index (χ0) is 13.4. The van der Waals surface area contributed by atoms with E-state index in [4.69, 9.17) is 5.73 Å². The fraction of sp³-hybridized carbons (Fsp3) is 0.929. The highest BCUT2D eigenvalue weighted by Gasteiger charge is 2.25. The summed E-state index contributed by atoms with van der Waals surface area (Å²) in [4.78, 5) is 14.1. The minimum absolute atomic E-state index is 0.176. The molecule has 1 aliphatic rings. The second kappa shape index (κ2) is 8.48. The van der Waals surface area contributed by atoms with Gasteiger partial charge in [0.2, 0.25) is 5.91 Å². The topological polar surface area (TPSA) is 58.4 Å². The molecular formula is C14H29N3O. The smallest absolute Gasteiger partial charge is 0.234 e. The first-order chi connectivity index (χ1) is 8.63. The molecule has 1 heterocycles. The zero-order valence-corrected chi connectivity index (χ0v) is 12.0. The first-order valence-electron chi connectivity index (χ1n) is 7.34. The van der Waals surface area contributed by atoms with Crippen LogP contribution in [0.4, 0.5) is 0 Å². The van der Waals surface area contributed by atoms with Gasteiger partial charge in [0.05, 0.1) is 6.54 Å². The summed E-state index contributed by atoms with van der Waals surface area (Å²) in [7, 11) is 0. The summed E-state index contributed by atoms with van der Waals surface area (Å²) in [6.07, 6.45) is 5.70. The van der Waals surface area contributed by atoms with Crippen LogP contribution < -0.4 is 11.1 Å². The third-order valence-electron chi connectivity index (χ3n) is 3.63. The number of carbonyl (C=O) groups excluding carboxylic acids is 1. The van der Waals surface area contributed by atoms with Crippen molar-refractivity contribution in [2.75, 3.05) is 26.2 Å². The Morgan fingerprint density at radius 3 is 2.94 bits per heavy atom. The monoisotopic (exact) mass is 255 g/mol. The van der Waals surface area contributed by atoms with Crippen molar-refractivity contribution >= 4 is 5.91 Å². The van der Waals surface area contributed by atoms with E-state index >= 15 is 0 Å². The van der Waals surface area contributed by atoms with Crippen LogP contribution in [-0.2, 0) is 4.79 Å². The minimum Gasteiger partial charge on any atom is -0.355 e. The third-order valence-corrected chi connectivity index (χ3v) is 3.63. The van der Waals surface area contributed by atoms with E-state index in [1.165, 1.54) is 12.8 Å². The average Bonchev–Trinajstić information content (AvgIpc) is 2.73. The van der Waals surface area contributed by atoms with Crippen LogP contribution >= 0.6 is 0 Å². The molecule has 0 aromatic heterocycles. The Hall–Kier alpha value is -0.610. The van der Waals surface area contributed by atoms with Crippen molar-refractivity contribution in [3.63, 3.8) is 0 Å². The quantitative estimate of drug-likeness (QED) is 0.688. The van der Waals surface area contributed by atoms with Gasteiger partial charge in [-0.15, -0.1) is 0 Å². The molecule has 1 atom stereocenters. The number of likely N-dealkylation sites (tertiary alicyclic amines) is 1. The number of hydrogen-bond donors (Lipinski definition) is 2. The number of rotatable bonds is 8. The predicted molar refractivity (Wildman–Crippen MR) is 75.3 cm³/mol. The van der Waals surface area contributed by atoms with E-state index in [1.807, 2.05) is 0 Å². The fourth-order valence-electron chi connectivity index (χ4n) is 2.52. The summed E-state index contributed by atoms with van der Waals surface area (Å²) in [6, 6.07) is 0.574. The lowest BCUT2D eigenvalue weighted by Crippen LogP contribution is -2.40. The predicted octanol–water partition coefficient (Wildman–Crippen LogP) is 1.35. The van der Waals surface area contributed by atoms with Crippen molar-refractivity contribution in [3.05, 3.63) is 0 Å². The Morgan fingerprint density at radius 1 is 1.50 bits per heavy atom.